The van der Waals surface area contributed by atoms with Gasteiger partial charge >= 0.3 is 0 Å². The highest BCUT2D eigenvalue weighted by molar-refractivity contribution is 5.97. The van der Waals surface area contributed by atoms with Crippen LogP contribution in [0.3, 0.4) is 0 Å². The lowest BCUT2D eigenvalue weighted by Gasteiger charge is -2.34. The molecule has 0 unspecified atom stereocenters. The standard InChI is InChI=1S/C29H35FN6O2/c1-34-15-17-35(18-16-34)29(38)26(3-2-12-32-27-19-25(27)21-4-8-23(30)9-5-21)33-28(37)22-6-10-24(11-7-22)36-14-13-31-20-36/h4-11,13-14,20,25-27,32H,2-3,12,15-19H2,1H3,(H,33,37)/t25-,26-,27+/m0/s1. The van der Waals surface area contributed by atoms with E-state index in [1.54, 1.807) is 24.7 Å². The molecule has 8 nitrogen and oxygen atoms in total. The van der Waals surface area contributed by atoms with Crippen LogP contribution in [0.5, 0.6) is 0 Å². The number of carbonyl (C=O) groups is 2. The smallest absolute Gasteiger partial charge is 0.251 e. The van der Waals surface area contributed by atoms with E-state index in [4.69, 9.17) is 0 Å². The van der Waals surface area contributed by atoms with Crippen molar-refractivity contribution < 1.29 is 14.0 Å². The third-order valence-corrected chi connectivity index (χ3v) is 7.52. The third kappa shape index (κ3) is 6.46. The summed E-state index contributed by atoms with van der Waals surface area (Å²) in [5.74, 6) is -0.0761. The summed E-state index contributed by atoms with van der Waals surface area (Å²) >= 11 is 0. The quantitative estimate of drug-likeness (QED) is 0.404. The van der Waals surface area contributed by atoms with Gasteiger partial charge in [0.2, 0.25) is 5.91 Å². The summed E-state index contributed by atoms with van der Waals surface area (Å²) in [6, 6.07) is 13.8. The van der Waals surface area contributed by atoms with Crippen molar-refractivity contribution in [1.82, 2.24) is 30.0 Å². The zero-order valence-corrected chi connectivity index (χ0v) is 21.7. The maximum atomic E-state index is 13.4. The Morgan fingerprint density at radius 3 is 2.47 bits per heavy atom. The molecule has 2 heterocycles. The summed E-state index contributed by atoms with van der Waals surface area (Å²) in [5, 5.41) is 6.57. The summed E-state index contributed by atoms with van der Waals surface area (Å²) in [5.41, 5.74) is 2.58. The number of rotatable bonds is 10. The Morgan fingerprint density at radius 1 is 1.05 bits per heavy atom. The van der Waals surface area contributed by atoms with Crippen LogP contribution in [0.4, 0.5) is 4.39 Å². The Bertz CT molecular complexity index is 1210. The van der Waals surface area contributed by atoms with Crippen LogP contribution in [0.15, 0.2) is 67.3 Å². The summed E-state index contributed by atoms with van der Waals surface area (Å²) in [6.07, 6.45) is 7.60. The molecule has 2 aliphatic rings. The van der Waals surface area contributed by atoms with Gasteiger partial charge in [-0.15, -0.1) is 0 Å². The monoisotopic (exact) mass is 518 g/mol. The van der Waals surface area contributed by atoms with Crippen molar-refractivity contribution in [1.29, 1.82) is 0 Å². The fourth-order valence-corrected chi connectivity index (χ4v) is 5.04. The van der Waals surface area contributed by atoms with E-state index >= 15 is 0 Å². The number of nitrogens with one attached hydrogen (secondary N) is 2. The van der Waals surface area contributed by atoms with E-state index in [1.807, 2.05) is 39.9 Å². The van der Waals surface area contributed by atoms with E-state index in [0.29, 0.717) is 37.0 Å². The van der Waals surface area contributed by atoms with Crippen LogP contribution in [0, 0.1) is 5.82 Å². The molecule has 2 amide bonds. The van der Waals surface area contributed by atoms with Gasteiger partial charge in [-0.25, -0.2) is 9.37 Å². The Morgan fingerprint density at radius 2 is 1.79 bits per heavy atom. The fourth-order valence-electron chi connectivity index (χ4n) is 5.04. The van der Waals surface area contributed by atoms with Crippen molar-refractivity contribution in [2.45, 2.75) is 37.3 Å². The Labute approximate surface area is 222 Å². The van der Waals surface area contributed by atoms with Gasteiger partial charge < -0.3 is 25.0 Å². The number of hydrogen-bond donors (Lipinski definition) is 2. The summed E-state index contributed by atoms with van der Waals surface area (Å²) in [7, 11) is 2.05. The highest BCUT2D eigenvalue weighted by Gasteiger charge is 2.37. The molecule has 1 aromatic heterocycles. The van der Waals surface area contributed by atoms with Crippen LogP contribution >= 0.6 is 0 Å². The normalized spacial score (nSPS) is 20.2. The maximum absolute atomic E-state index is 13.4. The van der Waals surface area contributed by atoms with Gasteiger partial charge in [0, 0.05) is 61.8 Å². The van der Waals surface area contributed by atoms with E-state index in [9.17, 15) is 14.0 Å². The first kappa shape index (κ1) is 26.1. The van der Waals surface area contributed by atoms with E-state index in [-0.39, 0.29) is 17.6 Å². The molecule has 38 heavy (non-hydrogen) atoms. The highest BCUT2D eigenvalue weighted by atomic mass is 19.1. The van der Waals surface area contributed by atoms with Crippen molar-refractivity contribution in [3.05, 3.63) is 84.2 Å². The maximum Gasteiger partial charge on any atom is 0.251 e. The Kier molecular flexibility index (Phi) is 8.14. The number of aromatic nitrogens is 2. The predicted molar refractivity (Wildman–Crippen MR) is 144 cm³/mol. The van der Waals surface area contributed by atoms with E-state index in [2.05, 4.69) is 27.6 Å². The van der Waals surface area contributed by atoms with Gasteiger partial charge in [-0.05, 0) is 74.8 Å². The lowest BCUT2D eigenvalue weighted by Crippen LogP contribution is -2.54. The number of hydrogen-bond acceptors (Lipinski definition) is 5. The number of halogens is 1. The lowest BCUT2D eigenvalue weighted by molar-refractivity contribution is -0.135. The molecule has 3 atom stereocenters. The van der Waals surface area contributed by atoms with Gasteiger partial charge in [0.05, 0.1) is 6.33 Å². The zero-order valence-electron chi connectivity index (χ0n) is 21.7. The van der Waals surface area contributed by atoms with Gasteiger partial charge in [-0.2, -0.15) is 0 Å². The summed E-state index contributed by atoms with van der Waals surface area (Å²) < 4.78 is 15.1. The van der Waals surface area contributed by atoms with Crippen LogP contribution < -0.4 is 10.6 Å². The van der Waals surface area contributed by atoms with Crippen molar-refractivity contribution in [3.8, 4) is 5.69 Å². The second-order valence-corrected chi connectivity index (χ2v) is 10.3. The van der Waals surface area contributed by atoms with Crippen LogP contribution in [0.1, 0.15) is 41.1 Å². The van der Waals surface area contributed by atoms with Crippen molar-refractivity contribution >= 4 is 11.8 Å². The Balaban J connectivity index is 1.16. The molecule has 0 spiro atoms. The van der Waals surface area contributed by atoms with Crippen molar-refractivity contribution in [2.75, 3.05) is 39.8 Å². The molecule has 1 saturated carbocycles. The molecule has 1 saturated heterocycles. The molecule has 1 aliphatic heterocycles. The number of carbonyl (C=O) groups excluding carboxylic acids is 2. The van der Waals surface area contributed by atoms with Gasteiger partial charge in [-0.1, -0.05) is 12.1 Å². The lowest BCUT2D eigenvalue weighted by atomic mass is 10.1. The highest BCUT2D eigenvalue weighted by Crippen LogP contribution is 2.40. The van der Waals surface area contributed by atoms with Gasteiger partial charge in [-0.3, -0.25) is 9.59 Å². The minimum atomic E-state index is -0.576. The number of nitrogens with zero attached hydrogens (tertiary/aromatic N) is 4. The van der Waals surface area contributed by atoms with E-state index < -0.39 is 6.04 Å². The molecule has 2 aromatic carbocycles. The van der Waals surface area contributed by atoms with Crippen LogP contribution in [-0.2, 0) is 4.79 Å². The third-order valence-electron chi connectivity index (χ3n) is 7.52. The molecule has 3 aromatic rings. The number of amides is 2. The molecular weight excluding hydrogens is 483 g/mol. The molecule has 2 N–H and O–H groups in total. The molecule has 0 radical (unpaired) electrons. The van der Waals surface area contributed by atoms with E-state index in [0.717, 1.165) is 43.7 Å². The SMILES string of the molecule is CN1CCN(C(=O)[C@H](CCCN[C@@H]2C[C@H]2c2ccc(F)cc2)NC(=O)c2ccc(-n3ccnc3)cc2)CC1. The molecular formula is C29H35FN6O2. The Hall–Kier alpha value is -3.56. The van der Waals surface area contributed by atoms with Crippen molar-refractivity contribution in [3.63, 3.8) is 0 Å². The first-order valence-corrected chi connectivity index (χ1v) is 13.3. The minimum absolute atomic E-state index is 0.0166. The average molecular weight is 519 g/mol. The molecule has 9 heteroatoms. The molecule has 2 fully saturated rings. The topological polar surface area (TPSA) is 82.5 Å². The number of benzene rings is 2. The molecule has 1 aliphatic carbocycles. The number of piperazine rings is 1. The summed E-state index contributed by atoms with van der Waals surface area (Å²) in [4.78, 5) is 34.7. The van der Waals surface area contributed by atoms with Gasteiger partial charge in [0.25, 0.3) is 5.91 Å². The molecule has 200 valence electrons. The first-order valence-electron chi connectivity index (χ1n) is 13.3. The first-order chi connectivity index (χ1) is 18.5. The molecule has 0 bridgehead atoms. The zero-order chi connectivity index (χ0) is 26.5. The van der Waals surface area contributed by atoms with Crippen LogP contribution in [-0.4, -0.2) is 83.0 Å². The van der Waals surface area contributed by atoms with Gasteiger partial charge in [0.15, 0.2) is 0 Å². The average Bonchev–Trinajstić information content (AvgIpc) is 3.49. The van der Waals surface area contributed by atoms with Gasteiger partial charge in [0.1, 0.15) is 11.9 Å². The predicted octanol–water partition coefficient (Wildman–Crippen LogP) is 2.81. The van der Waals surface area contributed by atoms with Crippen LogP contribution in [0.2, 0.25) is 0 Å². The number of likely N-dealkylation sites (N-methyl/N-ethyl adjacent to an activating group) is 1. The molecule has 5 rings (SSSR count). The van der Waals surface area contributed by atoms with Crippen LogP contribution in [0.25, 0.3) is 5.69 Å². The summed E-state index contributed by atoms with van der Waals surface area (Å²) in [6.45, 7) is 3.75. The second kappa shape index (κ2) is 11.9. The van der Waals surface area contributed by atoms with E-state index in [1.165, 1.54) is 12.1 Å². The number of imidazole rings is 1. The van der Waals surface area contributed by atoms with Crippen molar-refractivity contribution in [2.24, 2.45) is 0 Å². The second-order valence-electron chi connectivity index (χ2n) is 10.3. The minimum Gasteiger partial charge on any atom is -0.340 e. The fraction of sp³-hybridized carbons (Fsp3) is 0.414. The largest absolute Gasteiger partial charge is 0.340 e.